The molecular formula is C20H17N7O3. The van der Waals surface area contributed by atoms with Gasteiger partial charge in [0.25, 0.3) is 0 Å². The number of fused-ring (bicyclic) bond motifs is 2. The summed E-state index contributed by atoms with van der Waals surface area (Å²) in [6.07, 6.45) is 1.71. The molecule has 0 spiro atoms. The molecule has 10 heteroatoms. The molecule has 0 aliphatic heterocycles. The number of aryl methyl sites for hydroxylation is 2. The van der Waals surface area contributed by atoms with Crippen molar-refractivity contribution in [2.45, 2.75) is 6.92 Å². The third-order valence-corrected chi connectivity index (χ3v) is 4.81. The summed E-state index contributed by atoms with van der Waals surface area (Å²) in [5, 5.41) is 6.39. The molecule has 0 amide bonds. The molecule has 5 aromatic rings. The highest BCUT2D eigenvalue weighted by atomic mass is 16.4. The Kier molecular flexibility index (Phi) is 3.91. The van der Waals surface area contributed by atoms with Crippen molar-refractivity contribution in [1.29, 1.82) is 0 Å². The minimum Gasteiger partial charge on any atom is -0.408 e. The molecule has 5 rings (SSSR count). The number of anilines is 4. The van der Waals surface area contributed by atoms with Crippen LogP contribution in [0.4, 0.5) is 23.1 Å². The highest BCUT2D eigenvalue weighted by Crippen LogP contribution is 2.24. The number of rotatable bonds is 4. The van der Waals surface area contributed by atoms with Crippen LogP contribution in [-0.2, 0) is 7.05 Å². The van der Waals surface area contributed by atoms with Crippen LogP contribution in [0, 0.1) is 6.92 Å². The zero-order valence-electron chi connectivity index (χ0n) is 16.1. The van der Waals surface area contributed by atoms with Gasteiger partial charge in [-0.3, -0.25) is 9.55 Å². The Bertz CT molecular complexity index is 1520. The van der Waals surface area contributed by atoms with Gasteiger partial charge in [-0.05, 0) is 43.3 Å². The number of benzene rings is 2. The molecule has 30 heavy (non-hydrogen) atoms. The zero-order valence-corrected chi connectivity index (χ0v) is 16.1. The summed E-state index contributed by atoms with van der Waals surface area (Å²) in [5.74, 6) is 0.522. The number of imidazole rings is 1. The van der Waals surface area contributed by atoms with E-state index in [1.165, 1.54) is 0 Å². The number of H-pyrrole nitrogens is 2. The lowest BCUT2D eigenvalue weighted by atomic mass is 10.2. The Labute approximate surface area is 168 Å². The average Bonchev–Trinajstić information content (AvgIpc) is 3.22. The quantitative estimate of drug-likeness (QED) is 0.362. The number of aromatic nitrogens is 5. The minimum absolute atomic E-state index is 0.170. The normalized spacial score (nSPS) is 11.3. The van der Waals surface area contributed by atoms with Crippen molar-refractivity contribution in [1.82, 2.24) is 24.5 Å². The number of nitrogens with zero attached hydrogens (tertiary/aromatic N) is 3. The first-order valence-electron chi connectivity index (χ1n) is 9.15. The Morgan fingerprint density at radius 2 is 1.77 bits per heavy atom. The topological polar surface area (TPSA) is 134 Å². The first-order chi connectivity index (χ1) is 14.5. The standard InChI is InChI=1S/C20H17N7O3/c1-10-9-21-18(23-12-3-5-15-13(7-12)24-19(28)27(15)2)26-17(10)22-11-4-6-16-14(8-11)25-20(29)30-16/h3-9H,1-2H3,(H,24,28)(H,25,29)(H2,21,22,23,26). The van der Waals surface area contributed by atoms with Crippen molar-refractivity contribution < 1.29 is 4.42 Å². The molecule has 0 fully saturated rings. The number of aromatic amines is 2. The van der Waals surface area contributed by atoms with Crippen LogP contribution >= 0.6 is 0 Å². The van der Waals surface area contributed by atoms with Gasteiger partial charge in [0.05, 0.1) is 16.6 Å². The molecule has 0 saturated heterocycles. The van der Waals surface area contributed by atoms with Crippen LogP contribution in [-0.4, -0.2) is 24.5 Å². The van der Waals surface area contributed by atoms with Gasteiger partial charge in [-0.1, -0.05) is 0 Å². The van der Waals surface area contributed by atoms with Gasteiger partial charge in [-0.2, -0.15) is 4.98 Å². The highest BCUT2D eigenvalue weighted by Gasteiger charge is 2.09. The van der Waals surface area contributed by atoms with E-state index in [4.69, 9.17) is 4.42 Å². The van der Waals surface area contributed by atoms with Crippen molar-refractivity contribution >= 4 is 45.3 Å². The number of hydrogen-bond donors (Lipinski definition) is 4. The van der Waals surface area contributed by atoms with Gasteiger partial charge < -0.3 is 20.0 Å². The lowest BCUT2D eigenvalue weighted by Gasteiger charge is -2.11. The molecule has 0 atom stereocenters. The van der Waals surface area contributed by atoms with E-state index in [2.05, 4.69) is 30.6 Å². The van der Waals surface area contributed by atoms with Crippen molar-refractivity contribution in [3.8, 4) is 0 Å². The Balaban J connectivity index is 1.43. The van der Waals surface area contributed by atoms with Crippen LogP contribution in [0.2, 0.25) is 0 Å². The molecule has 2 aromatic carbocycles. The monoisotopic (exact) mass is 403 g/mol. The summed E-state index contributed by atoms with van der Waals surface area (Å²) < 4.78 is 6.57. The van der Waals surface area contributed by atoms with E-state index in [9.17, 15) is 9.59 Å². The molecule has 0 saturated carbocycles. The third-order valence-electron chi connectivity index (χ3n) is 4.81. The van der Waals surface area contributed by atoms with Crippen LogP contribution in [0.15, 0.2) is 56.6 Å². The lowest BCUT2D eigenvalue weighted by Crippen LogP contribution is -2.11. The summed E-state index contributed by atoms with van der Waals surface area (Å²) in [7, 11) is 1.71. The van der Waals surface area contributed by atoms with Gasteiger partial charge in [0.2, 0.25) is 5.95 Å². The summed E-state index contributed by atoms with van der Waals surface area (Å²) in [6, 6.07) is 10.8. The number of hydrogen-bond acceptors (Lipinski definition) is 7. The second kappa shape index (κ2) is 6.62. The SMILES string of the molecule is Cc1cnc(Nc2ccc3c(c2)[nH]c(=O)n3C)nc1Nc1ccc2oc(=O)[nH]c2c1. The average molecular weight is 403 g/mol. The van der Waals surface area contributed by atoms with Gasteiger partial charge in [0, 0.05) is 30.2 Å². The molecule has 0 aliphatic carbocycles. The van der Waals surface area contributed by atoms with E-state index >= 15 is 0 Å². The Morgan fingerprint density at radius 3 is 2.63 bits per heavy atom. The first kappa shape index (κ1) is 17.7. The smallest absolute Gasteiger partial charge is 0.408 e. The molecule has 0 radical (unpaired) electrons. The Morgan fingerprint density at radius 1 is 1.00 bits per heavy atom. The van der Waals surface area contributed by atoms with E-state index in [0.29, 0.717) is 22.9 Å². The van der Waals surface area contributed by atoms with Crippen LogP contribution < -0.4 is 22.1 Å². The van der Waals surface area contributed by atoms with E-state index in [1.807, 2.05) is 25.1 Å². The van der Waals surface area contributed by atoms with Gasteiger partial charge >= 0.3 is 11.4 Å². The lowest BCUT2D eigenvalue weighted by molar-refractivity contribution is 0.555. The molecule has 0 bridgehead atoms. The number of nitrogens with one attached hydrogen (secondary N) is 4. The summed E-state index contributed by atoms with van der Waals surface area (Å²) in [6.45, 7) is 1.89. The maximum atomic E-state index is 11.8. The van der Waals surface area contributed by atoms with E-state index in [-0.39, 0.29) is 5.69 Å². The molecule has 0 aliphatic rings. The summed E-state index contributed by atoms with van der Waals surface area (Å²) in [5.41, 5.74) is 4.79. The maximum Gasteiger partial charge on any atom is 0.417 e. The molecule has 10 nitrogen and oxygen atoms in total. The molecule has 3 heterocycles. The predicted molar refractivity (Wildman–Crippen MR) is 114 cm³/mol. The fourth-order valence-corrected chi connectivity index (χ4v) is 3.24. The molecule has 0 unspecified atom stereocenters. The first-order valence-corrected chi connectivity index (χ1v) is 9.15. The van der Waals surface area contributed by atoms with Crippen molar-refractivity contribution in [2.75, 3.05) is 10.6 Å². The van der Waals surface area contributed by atoms with E-state index in [1.54, 1.807) is 36.0 Å². The molecule has 4 N–H and O–H groups in total. The third kappa shape index (κ3) is 3.09. The minimum atomic E-state index is -0.497. The van der Waals surface area contributed by atoms with Gasteiger partial charge in [-0.15, -0.1) is 0 Å². The van der Waals surface area contributed by atoms with Crippen LogP contribution in [0.25, 0.3) is 22.1 Å². The van der Waals surface area contributed by atoms with Crippen molar-refractivity contribution in [3.63, 3.8) is 0 Å². The van der Waals surface area contributed by atoms with Crippen LogP contribution in [0.5, 0.6) is 0 Å². The van der Waals surface area contributed by atoms with Crippen molar-refractivity contribution in [2.24, 2.45) is 7.05 Å². The number of oxazole rings is 1. The maximum absolute atomic E-state index is 11.8. The van der Waals surface area contributed by atoms with E-state index in [0.717, 1.165) is 28.0 Å². The van der Waals surface area contributed by atoms with Crippen molar-refractivity contribution in [3.05, 3.63) is 69.2 Å². The molecule has 3 aromatic heterocycles. The van der Waals surface area contributed by atoms with Gasteiger partial charge in [0.15, 0.2) is 5.58 Å². The largest absolute Gasteiger partial charge is 0.417 e. The van der Waals surface area contributed by atoms with Gasteiger partial charge in [-0.25, -0.2) is 14.6 Å². The second-order valence-corrected chi connectivity index (χ2v) is 6.92. The fourth-order valence-electron chi connectivity index (χ4n) is 3.24. The molecular weight excluding hydrogens is 386 g/mol. The summed E-state index contributed by atoms with van der Waals surface area (Å²) in [4.78, 5) is 37.4. The second-order valence-electron chi connectivity index (χ2n) is 6.92. The van der Waals surface area contributed by atoms with Crippen LogP contribution in [0.3, 0.4) is 0 Å². The van der Waals surface area contributed by atoms with E-state index < -0.39 is 5.76 Å². The molecule has 150 valence electrons. The Hall–Kier alpha value is -4.34. The highest BCUT2D eigenvalue weighted by molar-refractivity contribution is 5.81. The van der Waals surface area contributed by atoms with Crippen LogP contribution in [0.1, 0.15) is 5.56 Å². The predicted octanol–water partition coefficient (Wildman–Crippen LogP) is 2.89. The summed E-state index contributed by atoms with van der Waals surface area (Å²) >= 11 is 0. The fraction of sp³-hybridized carbons (Fsp3) is 0.100. The zero-order chi connectivity index (χ0) is 20.8. The van der Waals surface area contributed by atoms with Gasteiger partial charge in [0.1, 0.15) is 5.82 Å².